The van der Waals surface area contributed by atoms with Gasteiger partial charge in [0.2, 0.25) is 0 Å². The van der Waals surface area contributed by atoms with E-state index in [4.69, 9.17) is 0 Å². The highest BCUT2D eigenvalue weighted by molar-refractivity contribution is 5.93. The number of aromatic nitrogens is 1. The van der Waals surface area contributed by atoms with Crippen LogP contribution in [0.15, 0.2) is 48.7 Å². The highest BCUT2D eigenvalue weighted by Gasteiger charge is 2.33. The molecule has 0 spiro atoms. The van der Waals surface area contributed by atoms with Gasteiger partial charge in [0.15, 0.2) is 0 Å². The summed E-state index contributed by atoms with van der Waals surface area (Å²) < 4.78 is 39.5. The Balaban J connectivity index is 2.16. The fourth-order valence-electron chi connectivity index (χ4n) is 2.92. The summed E-state index contributed by atoms with van der Waals surface area (Å²) in [6, 6.07) is 10.0. The van der Waals surface area contributed by atoms with Crippen molar-refractivity contribution in [1.82, 2.24) is 4.98 Å². The van der Waals surface area contributed by atoms with Crippen molar-refractivity contribution in [2.24, 2.45) is 0 Å². The van der Waals surface area contributed by atoms with Crippen molar-refractivity contribution in [2.45, 2.75) is 19.5 Å². The Morgan fingerprint density at radius 2 is 1.80 bits per heavy atom. The van der Waals surface area contributed by atoms with E-state index in [1.165, 1.54) is 30.5 Å². The number of fused-ring (bicyclic) bond motifs is 1. The molecular weight excluding hydrogens is 333 g/mol. The molecule has 4 nitrogen and oxygen atoms in total. The summed E-state index contributed by atoms with van der Waals surface area (Å²) >= 11 is 0. The monoisotopic (exact) mass is 346 g/mol. The fraction of sp³-hybridized carbons (Fsp3) is 0.167. The normalized spacial score (nSPS) is 11.7. The summed E-state index contributed by atoms with van der Waals surface area (Å²) in [5.41, 5.74) is 0.168. The molecule has 25 heavy (non-hydrogen) atoms. The number of benzene rings is 2. The molecule has 7 heteroatoms. The van der Waals surface area contributed by atoms with Crippen LogP contribution >= 0.6 is 0 Å². The van der Waals surface area contributed by atoms with E-state index in [9.17, 15) is 23.3 Å². The maximum absolute atomic E-state index is 13.2. The van der Waals surface area contributed by atoms with E-state index >= 15 is 0 Å². The van der Waals surface area contributed by atoms with Crippen LogP contribution in [0.1, 0.15) is 22.4 Å². The molecule has 0 fully saturated rings. The smallest absolute Gasteiger partial charge is 0.260 e. The predicted molar refractivity (Wildman–Crippen MR) is 87.4 cm³/mol. The molecule has 3 rings (SSSR count). The number of halogens is 3. The number of rotatable bonds is 3. The van der Waals surface area contributed by atoms with Gasteiger partial charge in [-0.05, 0) is 24.6 Å². The molecule has 1 aromatic heterocycles. The number of nitro benzene ring substituents is 1. The Kier molecular flexibility index (Phi) is 4.16. The van der Waals surface area contributed by atoms with E-state index in [1.54, 1.807) is 19.1 Å². The minimum atomic E-state index is -4.47. The average Bonchev–Trinajstić information content (AvgIpc) is 2.54. The van der Waals surface area contributed by atoms with Crippen molar-refractivity contribution in [3.8, 4) is 0 Å². The summed E-state index contributed by atoms with van der Waals surface area (Å²) in [5, 5.41) is 12.2. The van der Waals surface area contributed by atoms with Gasteiger partial charge in [-0.3, -0.25) is 15.1 Å². The minimum Gasteiger partial charge on any atom is -0.260 e. The molecule has 0 radical (unpaired) electrons. The van der Waals surface area contributed by atoms with Crippen LogP contribution in [0.2, 0.25) is 0 Å². The highest BCUT2D eigenvalue weighted by Crippen LogP contribution is 2.35. The largest absolute Gasteiger partial charge is 0.416 e. The van der Waals surface area contributed by atoms with Gasteiger partial charge in [-0.2, -0.15) is 13.2 Å². The lowest BCUT2D eigenvalue weighted by Crippen LogP contribution is -2.10. The SMILES string of the molecule is Cc1ccc2c(Cc3ccccc3C(F)(F)F)nccc2c1[N+](=O)[O-]. The van der Waals surface area contributed by atoms with E-state index in [1.807, 2.05) is 0 Å². The van der Waals surface area contributed by atoms with E-state index in [0.717, 1.165) is 6.07 Å². The molecule has 0 bridgehead atoms. The fourth-order valence-corrected chi connectivity index (χ4v) is 2.92. The third kappa shape index (κ3) is 3.17. The van der Waals surface area contributed by atoms with Crippen molar-refractivity contribution in [3.63, 3.8) is 0 Å². The van der Waals surface area contributed by atoms with Crippen LogP contribution < -0.4 is 0 Å². The first-order chi connectivity index (χ1) is 11.8. The molecule has 0 N–H and O–H groups in total. The standard InChI is InChI=1S/C18H13F3N2O2/c1-11-6-7-13-14(17(11)23(24)25)8-9-22-16(13)10-12-4-2-3-5-15(12)18(19,20)21/h2-9H,10H2,1H3. The number of aryl methyl sites for hydroxylation is 1. The number of hydrogen-bond donors (Lipinski definition) is 0. The first-order valence-corrected chi connectivity index (χ1v) is 7.45. The van der Waals surface area contributed by atoms with Crippen LogP contribution in [-0.4, -0.2) is 9.91 Å². The van der Waals surface area contributed by atoms with Crippen molar-refractivity contribution < 1.29 is 18.1 Å². The molecular formula is C18H13F3N2O2. The van der Waals surface area contributed by atoms with Gasteiger partial charge in [-0.1, -0.05) is 30.3 Å². The lowest BCUT2D eigenvalue weighted by molar-refractivity contribution is -0.383. The molecule has 0 saturated heterocycles. The number of hydrogen-bond acceptors (Lipinski definition) is 3. The van der Waals surface area contributed by atoms with Gasteiger partial charge in [-0.25, -0.2) is 0 Å². The molecule has 0 aliphatic carbocycles. The zero-order chi connectivity index (χ0) is 18.2. The van der Waals surface area contributed by atoms with Crippen LogP contribution in [0, 0.1) is 17.0 Å². The summed E-state index contributed by atoms with van der Waals surface area (Å²) in [5.74, 6) is 0. The number of nitrogens with zero attached hydrogens (tertiary/aromatic N) is 2. The quantitative estimate of drug-likeness (QED) is 0.492. The molecule has 0 aliphatic heterocycles. The minimum absolute atomic E-state index is 0.0507. The molecule has 128 valence electrons. The number of nitro groups is 1. The van der Waals surface area contributed by atoms with Gasteiger partial charge in [-0.15, -0.1) is 0 Å². The van der Waals surface area contributed by atoms with E-state index < -0.39 is 16.7 Å². The second-order valence-corrected chi connectivity index (χ2v) is 5.67. The first-order valence-electron chi connectivity index (χ1n) is 7.45. The van der Waals surface area contributed by atoms with Crippen molar-refractivity contribution in [2.75, 3.05) is 0 Å². The lowest BCUT2D eigenvalue weighted by Gasteiger charge is -2.13. The van der Waals surface area contributed by atoms with E-state index in [2.05, 4.69) is 4.98 Å². The maximum atomic E-state index is 13.2. The van der Waals surface area contributed by atoms with Gasteiger partial charge in [0.1, 0.15) is 0 Å². The maximum Gasteiger partial charge on any atom is 0.416 e. The van der Waals surface area contributed by atoms with Gasteiger partial charge >= 0.3 is 6.18 Å². The van der Waals surface area contributed by atoms with Crippen molar-refractivity contribution in [1.29, 1.82) is 0 Å². The van der Waals surface area contributed by atoms with Gasteiger partial charge in [0.25, 0.3) is 5.69 Å². The van der Waals surface area contributed by atoms with Gasteiger partial charge < -0.3 is 0 Å². The number of alkyl halides is 3. The Morgan fingerprint density at radius 1 is 1.08 bits per heavy atom. The summed E-state index contributed by atoms with van der Waals surface area (Å²) in [6.45, 7) is 1.62. The Morgan fingerprint density at radius 3 is 2.48 bits per heavy atom. The summed E-state index contributed by atoms with van der Waals surface area (Å²) in [7, 11) is 0. The molecule has 0 aliphatic rings. The first kappa shape index (κ1) is 16.9. The van der Waals surface area contributed by atoms with E-state index in [-0.39, 0.29) is 17.7 Å². The van der Waals surface area contributed by atoms with Crippen LogP contribution in [0.5, 0.6) is 0 Å². The van der Waals surface area contributed by atoms with Crippen molar-refractivity contribution in [3.05, 3.63) is 81.2 Å². The molecule has 1 heterocycles. The molecule has 0 unspecified atom stereocenters. The van der Waals surface area contributed by atoms with Crippen LogP contribution in [0.4, 0.5) is 18.9 Å². The van der Waals surface area contributed by atoms with Crippen LogP contribution in [0.3, 0.4) is 0 Å². The third-order valence-electron chi connectivity index (χ3n) is 4.06. The van der Waals surface area contributed by atoms with Gasteiger partial charge in [0, 0.05) is 23.6 Å². The zero-order valence-corrected chi connectivity index (χ0v) is 13.2. The Hall–Kier alpha value is -2.96. The van der Waals surface area contributed by atoms with Crippen LogP contribution in [0.25, 0.3) is 10.8 Å². The highest BCUT2D eigenvalue weighted by atomic mass is 19.4. The Bertz CT molecular complexity index is 968. The van der Waals surface area contributed by atoms with Gasteiger partial charge in [0.05, 0.1) is 21.6 Å². The lowest BCUT2D eigenvalue weighted by atomic mass is 9.98. The molecule has 2 aromatic carbocycles. The molecule has 0 atom stereocenters. The predicted octanol–water partition coefficient (Wildman–Crippen LogP) is 5.06. The third-order valence-corrected chi connectivity index (χ3v) is 4.06. The molecule has 0 amide bonds. The number of pyridine rings is 1. The molecule has 0 saturated carbocycles. The Labute approximate surface area is 141 Å². The summed E-state index contributed by atoms with van der Waals surface area (Å²) in [4.78, 5) is 15.0. The second kappa shape index (κ2) is 6.16. The average molecular weight is 346 g/mol. The summed E-state index contributed by atoms with van der Waals surface area (Å²) in [6.07, 6.45) is -3.14. The van der Waals surface area contributed by atoms with Crippen LogP contribution in [-0.2, 0) is 12.6 Å². The van der Waals surface area contributed by atoms with Crippen molar-refractivity contribution >= 4 is 16.5 Å². The second-order valence-electron chi connectivity index (χ2n) is 5.67. The topological polar surface area (TPSA) is 56.0 Å². The molecule has 3 aromatic rings. The zero-order valence-electron chi connectivity index (χ0n) is 13.2. The van der Waals surface area contributed by atoms with E-state index in [0.29, 0.717) is 22.0 Å².